The largest absolute Gasteiger partial charge is 0.419 e. The van der Waals surface area contributed by atoms with Crippen LogP contribution < -0.4 is 0 Å². The average molecular weight is 345 g/mol. The second kappa shape index (κ2) is 6.64. The summed E-state index contributed by atoms with van der Waals surface area (Å²) in [6.07, 6.45) is 0.662. The predicted octanol–water partition coefficient (Wildman–Crippen LogP) is 4.63. The van der Waals surface area contributed by atoms with Gasteiger partial charge < -0.3 is 4.74 Å². The molecule has 24 heavy (non-hydrogen) atoms. The maximum atomic E-state index is 13.8. The SMILES string of the molecule is CO[C@@H]1CCC[C@]12CCCN(Cc1cccc(F)c1C(F)(F)F)C2. The first kappa shape index (κ1) is 17.7. The number of piperidine rings is 1. The molecular formula is C18H23F4NO. The van der Waals surface area contributed by atoms with Crippen LogP contribution in [0, 0.1) is 11.2 Å². The molecule has 0 unspecified atom stereocenters. The lowest BCUT2D eigenvalue weighted by Gasteiger charge is -2.44. The van der Waals surface area contributed by atoms with Crippen molar-refractivity contribution in [2.24, 2.45) is 5.41 Å². The molecule has 1 aliphatic carbocycles. The van der Waals surface area contributed by atoms with E-state index in [1.165, 1.54) is 12.1 Å². The molecular weight excluding hydrogens is 322 g/mol. The third-order valence-corrected chi connectivity index (χ3v) is 5.57. The zero-order chi connectivity index (χ0) is 17.4. The number of halogens is 4. The molecule has 134 valence electrons. The molecule has 2 atom stereocenters. The minimum Gasteiger partial charge on any atom is -0.381 e. The van der Waals surface area contributed by atoms with Crippen molar-refractivity contribution in [3.63, 3.8) is 0 Å². The highest BCUT2D eigenvalue weighted by molar-refractivity contribution is 5.31. The standard InChI is InChI=1S/C18H23F4NO/c1-24-15-7-3-8-17(15)9-4-10-23(12-17)11-13-5-2-6-14(19)16(13)18(20,21)22/h2,5-6,15H,3-4,7-12H2,1H3/t15-,17-/m1/s1. The molecule has 2 fully saturated rings. The molecule has 0 N–H and O–H groups in total. The van der Waals surface area contributed by atoms with Crippen molar-refractivity contribution in [3.8, 4) is 0 Å². The topological polar surface area (TPSA) is 12.5 Å². The van der Waals surface area contributed by atoms with Crippen LogP contribution in [0.4, 0.5) is 17.6 Å². The number of hydrogen-bond acceptors (Lipinski definition) is 2. The van der Waals surface area contributed by atoms with Crippen LogP contribution in [-0.2, 0) is 17.5 Å². The van der Waals surface area contributed by atoms with Crippen molar-refractivity contribution in [1.82, 2.24) is 4.90 Å². The summed E-state index contributed by atoms with van der Waals surface area (Å²) >= 11 is 0. The normalized spacial score (nSPS) is 28.6. The van der Waals surface area contributed by atoms with E-state index in [0.29, 0.717) is 0 Å². The van der Waals surface area contributed by atoms with E-state index in [9.17, 15) is 17.6 Å². The quantitative estimate of drug-likeness (QED) is 0.741. The van der Waals surface area contributed by atoms with Gasteiger partial charge in [-0.05, 0) is 43.9 Å². The molecule has 2 aliphatic rings. The van der Waals surface area contributed by atoms with Gasteiger partial charge in [-0.25, -0.2) is 4.39 Å². The van der Waals surface area contributed by atoms with Crippen molar-refractivity contribution in [1.29, 1.82) is 0 Å². The number of rotatable bonds is 3. The molecule has 0 bridgehead atoms. The first-order chi connectivity index (χ1) is 11.4. The fourth-order valence-corrected chi connectivity index (χ4v) is 4.59. The van der Waals surface area contributed by atoms with Crippen LogP contribution in [0.25, 0.3) is 0 Å². The van der Waals surface area contributed by atoms with E-state index >= 15 is 0 Å². The first-order valence-electron chi connectivity index (χ1n) is 8.45. The van der Waals surface area contributed by atoms with E-state index in [0.717, 1.165) is 51.3 Å². The molecule has 6 heteroatoms. The lowest BCUT2D eigenvalue weighted by atomic mass is 9.76. The van der Waals surface area contributed by atoms with Crippen LogP contribution in [0.15, 0.2) is 18.2 Å². The summed E-state index contributed by atoms with van der Waals surface area (Å²) < 4.78 is 59.0. The minimum atomic E-state index is -4.67. The summed E-state index contributed by atoms with van der Waals surface area (Å²) in [5.74, 6) is -1.19. The Hall–Kier alpha value is -1.14. The molecule has 1 saturated carbocycles. The van der Waals surface area contributed by atoms with Crippen LogP contribution in [-0.4, -0.2) is 31.2 Å². The van der Waals surface area contributed by atoms with Crippen LogP contribution in [0.3, 0.4) is 0 Å². The maximum Gasteiger partial charge on any atom is 0.419 e. The van der Waals surface area contributed by atoms with E-state index in [4.69, 9.17) is 4.74 Å². The number of likely N-dealkylation sites (tertiary alicyclic amines) is 1. The molecule has 1 aliphatic heterocycles. The number of hydrogen-bond donors (Lipinski definition) is 0. The molecule has 0 amide bonds. The highest BCUT2D eigenvalue weighted by atomic mass is 19.4. The van der Waals surface area contributed by atoms with E-state index in [2.05, 4.69) is 0 Å². The Morgan fingerprint density at radius 3 is 2.71 bits per heavy atom. The van der Waals surface area contributed by atoms with Crippen molar-refractivity contribution in [2.75, 3.05) is 20.2 Å². The molecule has 3 rings (SSSR count). The van der Waals surface area contributed by atoms with Crippen molar-refractivity contribution < 1.29 is 22.3 Å². The fraction of sp³-hybridized carbons (Fsp3) is 0.667. The highest BCUT2D eigenvalue weighted by Crippen LogP contribution is 2.47. The monoisotopic (exact) mass is 345 g/mol. The summed E-state index contributed by atoms with van der Waals surface area (Å²) in [6, 6.07) is 3.62. The second-order valence-electron chi connectivity index (χ2n) is 7.06. The van der Waals surface area contributed by atoms with Gasteiger partial charge in [-0.1, -0.05) is 18.6 Å². The Labute approximate surface area is 139 Å². The van der Waals surface area contributed by atoms with Crippen molar-refractivity contribution >= 4 is 0 Å². The Morgan fingerprint density at radius 2 is 2.00 bits per heavy atom. The number of methoxy groups -OCH3 is 1. The molecule has 1 saturated heterocycles. The van der Waals surface area contributed by atoms with E-state index in [1.807, 2.05) is 4.90 Å². The molecule has 1 heterocycles. The molecule has 1 aromatic rings. The van der Waals surface area contributed by atoms with Crippen LogP contribution >= 0.6 is 0 Å². The van der Waals surface area contributed by atoms with E-state index in [-0.39, 0.29) is 23.6 Å². The van der Waals surface area contributed by atoms with Crippen LogP contribution in [0.2, 0.25) is 0 Å². The summed E-state index contributed by atoms with van der Waals surface area (Å²) in [4.78, 5) is 2.03. The minimum absolute atomic E-state index is 0.0199. The highest BCUT2D eigenvalue weighted by Gasteiger charge is 2.46. The second-order valence-corrected chi connectivity index (χ2v) is 7.06. The Bertz CT molecular complexity index is 589. The third kappa shape index (κ3) is 3.31. The third-order valence-electron chi connectivity index (χ3n) is 5.57. The van der Waals surface area contributed by atoms with Gasteiger partial charge in [-0.2, -0.15) is 13.2 Å². The summed E-state index contributed by atoms with van der Waals surface area (Å²) in [6.45, 7) is 1.59. The van der Waals surface area contributed by atoms with Crippen LogP contribution in [0.5, 0.6) is 0 Å². The molecule has 0 radical (unpaired) electrons. The van der Waals surface area contributed by atoms with Gasteiger partial charge in [0.1, 0.15) is 5.82 Å². The maximum absolute atomic E-state index is 13.8. The lowest BCUT2D eigenvalue weighted by molar-refractivity contribution is -0.141. The Kier molecular flexibility index (Phi) is 4.89. The van der Waals surface area contributed by atoms with Gasteiger partial charge in [0.25, 0.3) is 0 Å². The summed E-state index contributed by atoms with van der Waals surface area (Å²) in [7, 11) is 1.71. The van der Waals surface area contributed by atoms with E-state index < -0.39 is 17.6 Å². The average Bonchev–Trinajstić information content (AvgIpc) is 2.88. The Balaban J connectivity index is 1.81. The van der Waals surface area contributed by atoms with Crippen molar-refractivity contribution in [2.45, 2.75) is 50.9 Å². The zero-order valence-electron chi connectivity index (χ0n) is 13.8. The first-order valence-corrected chi connectivity index (χ1v) is 8.45. The number of nitrogens with zero attached hydrogens (tertiary/aromatic N) is 1. The van der Waals surface area contributed by atoms with Crippen molar-refractivity contribution in [3.05, 3.63) is 35.1 Å². The lowest BCUT2D eigenvalue weighted by Crippen LogP contribution is -2.47. The van der Waals surface area contributed by atoms with Gasteiger partial charge in [-0.15, -0.1) is 0 Å². The van der Waals surface area contributed by atoms with E-state index in [1.54, 1.807) is 7.11 Å². The van der Waals surface area contributed by atoms with Gasteiger partial charge >= 0.3 is 6.18 Å². The predicted molar refractivity (Wildman–Crippen MR) is 83.0 cm³/mol. The van der Waals surface area contributed by atoms with Gasteiger partial charge in [-0.3, -0.25) is 4.90 Å². The van der Waals surface area contributed by atoms with Gasteiger partial charge in [0.15, 0.2) is 0 Å². The van der Waals surface area contributed by atoms with Gasteiger partial charge in [0, 0.05) is 25.6 Å². The fourth-order valence-electron chi connectivity index (χ4n) is 4.59. The molecule has 1 aromatic carbocycles. The summed E-state index contributed by atoms with van der Waals surface area (Å²) in [5.41, 5.74) is -1.07. The Morgan fingerprint density at radius 1 is 1.25 bits per heavy atom. The molecule has 0 aromatic heterocycles. The number of alkyl halides is 3. The number of ether oxygens (including phenoxy) is 1. The summed E-state index contributed by atoms with van der Waals surface area (Å²) in [5, 5.41) is 0. The zero-order valence-corrected chi connectivity index (χ0v) is 13.8. The van der Waals surface area contributed by atoms with Crippen LogP contribution in [0.1, 0.15) is 43.2 Å². The molecule has 2 nitrogen and oxygen atoms in total. The molecule has 1 spiro atoms. The smallest absolute Gasteiger partial charge is 0.381 e. The van der Waals surface area contributed by atoms with Gasteiger partial charge in [0.05, 0.1) is 11.7 Å². The van der Waals surface area contributed by atoms with Gasteiger partial charge in [0.2, 0.25) is 0 Å². The number of benzene rings is 1.